The predicted octanol–water partition coefficient (Wildman–Crippen LogP) is 1.53. The second-order valence-electron chi connectivity index (χ2n) is 6.51. The molecule has 2 aliphatic rings. The molecular formula is C14H29N3. The molecule has 1 aliphatic heterocycles. The first-order valence-electron chi connectivity index (χ1n) is 7.20. The highest BCUT2D eigenvalue weighted by molar-refractivity contribution is 4.96. The van der Waals surface area contributed by atoms with E-state index in [9.17, 15) is 0 Å². The van der Waals surface area contributed by atoms with Gasteiger partial charge in [-0.05, 0) is 46.2 Å². The van der Waals surface area contributed by atoms with Crippen molar-refractivity contribution >= 4 is 0 Å². The van der Waals surface area contributed by atoms with Crippen LogP contribution in [0.2, 0.25) is 0 Å². The Bertz CT molecular complexity index is 252. The monoisotopic (exact) mass is 239 g/mol. The number of rotatable bonds is 4. The number of nitrogens with zero attached hydrogens (tertiary/aromatic N) is 2. The molecule has 17 heavy (non-hydrogen) atoms. The molecule has 0 bridgehead atoms. The molecule has 2 unspecified atom stereocenters. The van der Waals surface area contributed by atoms with Crippen LogP contribution in [0.5, 0.6) is 0 Å². The van der Waals surface area contributed by atoms with Gasteiger partial charge in [0.1, 0.15) is 0 Å². The van der Waals surface area contributed by atoms with E-state index in [1.807, 2.05) is 0 Å². The van der Waals surface area contributed by atoms with Gasteiger partial charge in [-0.1, -0.05) is 12.8 Å². The van der Waals surface area contributed by atoms with Crippen LogP contribution in [0.15, 0.2) is 0 Å². The summed E-state index contributed by atoms with van der Waals surface area (Å²) in [7, 11) is 2.24. The van der Waals surface area contributed by atoms with Gasteiger partial charge in [0.05, 0.1) is 0 Å². The minimum Gasteiger partial charge on any atom is -0.329 e. The highest BCUT2D eigenvalue weighted by atomic mass is 15.3. The number of likely N-dealkylation sites (N-methyl/N-ethyl adjacent to an activating group) is 1. The van der Waals surface area contributed by atoms with E-state index in [4.69, 9.17) is 5.73 Å². The van der Waals surface area contributed by atoms with Gasteiger partial charge < -0.3 is 10.6 Å². The van der Waals surface area contributed by atoms with E-state index in [0.717, 1.165) is 12.5 Å². The maximum atomic E-state index is 6.11. The van der Waals surface area contributed by atoms with Gasteiger partial charge in [-0.15, -0.1) is 0 Å². The molecule has 1 saturated carbocycles. The summed E-state index contributed by atoms with van der Waals surface area (Å²) in [6.45, 7) is 9.17. The van der Waals surface area contributed by atoms with Crippen LogP contribution in [0.1, 0.15) is 39.5 Å². The molecule has 1 aliphatic carbocycles. The highest BCUT2D eigenvalue weighted by Gasteiger charge is 2.39. The van der Waals surface area contributed by atoms with E-state index in [1.165, 1.54) is 45.3 Å². The fourth-order valence-electron chi connectivity index (χ4n) is 3.44. The summed E-state index contributed by atoms with van der Waals surface area (Å²) < 4.78 is 0. The maximum Gasteiger partial charge on any atom is 0.0309 e. The molecule has 1 heterocycles. The normalized spacial score (nSPS) is 32.1. The fraction of sp³-hybridized carbons (Fsp3) is 1.00. The van der Waals surface area contributed by atoms with Crippen LogP contribution in [0, 0.1) is 5.92 Å². The Balaban J connectivity index is 2.04. The molecule has 2 rings (SSSR count). The topological polar surface area (TPSA) is 32.5 Å². The molecule has 1 saturated heterocycles. The third kappa shape index (κ3) is 3.21. The van der Waals surface area contributed by atoms with Crippen molar-refractivity contribution in [3.8, 4) is 0 Å². The highest BCUT2D eigenvalue weighted by Crippen LogP contribution is 2.39. The zero-order valence-corrected chi connectivity index (χ0v) is 11.8. The maximum absolute atomic E-state index is 6.11. The largest absolute Gasteiger partial charge is 0.329 e. The van der Waals surface area contributed by atoms with Crippen LogP contribution < -0.4 is 5.73 Å². The molecule has 2 fully saturated rings. The van der Waals surface area contributed by atoms with Crippen molar-refractivity contribution in [1.82, 2.24) is 9.80 Å². The number of hydrogen-bond acceptors (Lipinski definition) is 3. The first-order chi connectivity index (χ1) is 8.05. The summed E-state index contributed by atoms with van der Waals surface area (Å²) in [5.41, 5.74) is 6.33. The van der Waals surface area contributed by atoms with E-state index in [2.05, 4.69) is 30.7 Å². The lowest BCUT2D eigenvalue weighted by atomic mass is 9.91. The van der Waals surface area contributed by atoms with E-state index < -0.39 is 0 Å². The van der Waals surface area contributed by atoms with Gasteiger partial charge in [-0.25, -0.2) is 0 Å². The van der Waals surface area contributed by atoms with Crippen LogP contribution in [0.25, 0.3) is 0 Å². The van der Waals surface area contributed by atoms with Gasteiger partial charge in [-0.2, -0.15) is 0 Å². The minimum atomic E-state index is 0.228. The summed E-state index contributed by atoms with van der Waals surface area (Å²) >= 11 is 0. The lowest BCUT2D eigenvalue weighted by Gasteiger charge is -2.44. The van der Waals surface area contributed by atoms with Crippen LogP contribution in [-0.4, -0.2) is 54.6 Å². The summed E-state index contributed by atoms with van der Waals surface area (Å²) in [5, 5.41) is 0. The molecule has 0 aromatic rings. The number of hydrogen-bond donors (Lipinski definition) is 1. The van der Waals surface area contributed by atoms with Gasteiger partial charge in [-0.3, -0.25) is 4.90 Å². The first-order valence-corrected chi connectivity index (χ1v) is 7.20. The van der Waals surface area contributed by atoms with E-state index in [0.29, 0.717) is 6.04 Å². The molecule has 0 spiro atoms. The van der Waals surface area contributed by atoms with Crippen molar-refractivity contribution in [3.05, 3.63) is 0 Å². The summed E-state index contributed by atoms with van der Waals surface area (Å²) in [6, 6.07) is 0.634. The van der Waals surface area contributed by atoms with Gasteiger partial charge >= 0.3 is 0 Å². The molecule has 0 radical (unpaired) electrons. The molecule has 100 valence electrons. The van der Waals surface area contributed by atoms with Gasteiger partial charge in [0.15, 0.2) is 0 Å². The second-order valence-corrected chi connectivity index (χ2v) is 6.51. The molecule has 3 heteroatoms. The zero-order valence-electron chi connectivity index (χ0n) is 11.8. The standard InChI is InChI=1S/C14H29N3/c1-12-10-16(3)7-4-8-17(12)14(2,11-15)9-13-5-6-13/h12-13H,4-11,15H2,1-3H3. The average molecular weight is 239 g/mol. The third-order valence-corrected chi connectivity index (χ3v) is 4.61. The third-order valence-electron chi connectivity index (χ3n) is 4.61. The summed E-state index contributed by atoms with van der Waals surface area (Å²) in [4.78, 5) is 5.15. The Morgan fingerprint density at radius 1 is 1.29 bits per heavy atom. The van der Waals surface area contributed by atoms with Crippen LogP contribution in [0.3, 0.4) is 0 Å². The molecule has 2 atom stereocenters. The van der Waals surface area contributed by atoms with E-state index in [1.54, 1.807) is 0 Å². The Morgan fingerprint density at radius 3 is 2.59 bits per heavy atom. The average Bonchev–Trinajstić information content (AvgIpc) is 3.07. The summed E-state index contributed by atoms with van der Waals surface area (Å²) in [5.74, 6) is 0.955. The molecule has 0 aromatic carbocycles. The van der Waals surface area contributed by atoms with E-state index in [-0.39, 0.29) is 5.54 Å². The molecule has 3 nitrogen and oxygen atoms in total. The Kier molecular flexibility index (Phi) is 4.11. The molecule has 0 aromatic heterocycles. The van der Waals surface area contributed by atoms with Crippen molar-refractivity contribution in [2.75, 3.05) is 33.2 Å². The van der Waals surface area contributed by atoms with Crippen molar-refractivity contribution in [2.45, 2.75) is 51.1 Å². The predicted molar refractivity (Wildman–Crippen MR) is 73.1 cm³/mol. The van der Waals surface area contributed by atoms with Crippen LogP contribution >= 0.6 is 0 Å². The first kappa shape index (κ1) is 13.3. The lowest BCUT2D eigenvalue weighted by Crippen LogP contribution is -2.56. The smallest absolute Gasteiger partial charge is 0.0309 e. The zero-order chi connectivity index (χ0) is 12.5. The van der Waals surface area contributed by atoms with Crippen LogP contribution in [-0.2, 0) is 0 Å². The van der Waals surface area contributed by atoms with Crippen molar-refractivity contribution in [3.63, 3.8) is 0 Å². The Hall–Kier alpha value is -0.120. The van der Waals surface area contributed by atoms with Crippen molar-refractivity contribution in [2.24, 2.45) is 11.7 Å². The fourth-order valence-corrected chi connectivity index (χ4v) is 3.44. The molecule has 2 N–H and O–H groups in total. The Labute approximate surface area is 106 Å². The molecular weight excluding hydrogens is 210 g/mol. The van der Waals surface area contributed by atoms with Crippen molar-refractivity contribution < 1.29 is 0 Å². The Morgan fingerprint density at radius 2 is 2.00 bits per heavy atom. The quantitative estimate of drug-likeness (QED) is 0.807. The van der Waals surface area contributed by atoms with Gasteiger partial charge in [0.2, 0.25) is 0 Å². The van der Waals surface area contributed by atoms with Gasteiger partial charge in [0.25, 0.3) is 0 Å². The van der Waals surface area contributed by atoms with Gasteiger partial charge in [0, 0.05) is 31.2 Å². The molecule has 0 amide bonds. The lowest BCUT2D eigenvalue weighted by molar-refractivity contribution is 0.0590. The van der Waals surface area contributed by atoms with Crippen LogP contribution in [0.4, 0.5) is 0 Å². The second kappa shape index (κ2) is 5.25. The summed E-state index contributed by atoms with van der Waals surface area (Å²) in [6.07, 6.45) is 5.44. The number of nitrogens with two attached hydrogens (primary N) is 1. The van der Waals surface area contributed by atoms with Crippen molar-refractivity contribution in [1.29, 1.82) is 0 Å². The van der Waals surface area contributed by atoms with E-state index >= 15 is 0 Å². The SMILES string of the molecule is CC1CN(C)CCCN1C(C)(CN)CC1CC1. The minimum absolute atomic E-state index is 0.228.